The molecule has 4 nitrogen and oxygen atoms in total. The van der Waals surface area contributed by atoms with Gasteiger partial charge < -0.3 is 10.2 Å². The highest BCUT2D eigenvalue weighted by Gasteiger charge is 2.01. The summed E-state index contributed by atoms with van der Waals surface area (Å²) in [5.74, 6) is -2.49. The Bertz CT molecular complexity index is 229. The molecule has 0 radical (unpaired) electrons. The lowest BCUT2D eigenvalue weighted by Crippen LogP contribution is -1.97. The van der Waals surface area contributed by atoms with Crippen LogP contribution >= 0.6 is 11.6 Å². The summed E-state index contributed by atoms with van der Waals surface area (Å²) >= 11 is 5.06. The van der Waals surface area contributed by atoms with Gasteiger partial charge in [-0.15, -0.1) is 0 Å². The van der Waals surface area contributed by atoms with E-state index >= 15 is 0 Å². The zero-order chi connectivity index (χ0) is 8.85. The van der Waals surface area contributed by atoms with Crippen molar-refractivity contribution in [1.82, 2.24) is 0 Å². The monoisotopic (exact) mass is 176 g/mol. The van der Waals surface area contributed by atoms with Crippen molar-refractivity contribution in [3.63, 3.8) is 0 Å². The Hall–Kier alpha value is -1.29. The van der Waals surface area contributed by atoms with Gasteiger partial charge in [-0.3, -0.25) is 0 Å². The number of rotatable bonds is 3. The van der Waals surface area contributed by atoms with E-state index in [4.69, 9.17) is 21.8 Å². The molecule has 11 heavy (non-hydrogen) atoms. The molecule has 0 atom stereocenters. The first-order chi connectivity index (χ1) is 5.07. The third-order valence-corrected chi connectivity index (χ3v) is 1.01. The second-order valence-electron chi connectivity index (χ2n) is 1.54. The molecule has 60 valence electrons. The Morgan fingerprint density at radius 2 is 1.73 bits per heavy atom. The maximum atomic E-state index is 10.1. The molecule has 0 fully saturated rings. The summed E-state index contributed by atoms with van der Waals surface area (Å²) in [4.78, 5) is 20.0. The van der Waals surface area contributed by atoms with E-state index in [0.717, 1.165) is 11.6 Å². The van der Waals surface area contributed by atoms with Crippen LogP contribution in [-0.4, -0.2) is 22.2 Å². The average molecular weight is 177 g/mol. The van der Waals surface area contributed by atoms with E-state index in [2.05, 4.69) is 0 Å². The van der Waals surface area contributed by atoms with Gasteiger partial charge in [0.05, 0.1) is 5.57 Å². The van der Waals surface area contributed by atoms with Crippen LogP contribution in [0.1, 0.15) is 0 Å². The summed E-state index contributed by atoms with van der Waals surface area (Å²) in [6.07, 6.45) is 1.60. The highest BCUT2D eigenvalue weighted by atomic mass is 35.5. The number of carboxylic acids is 2. The summed E-state index contributed by atoms with van der Waals surface area (Å²) < 4.78 is 0. The predicted octanol–water partition coefficient (Wildman–Crippen LogP) is 0.835. The smallest absolute Gasteiger partial charge is 0.336 e. The molecule has 2 N–H and O–H groups in total. The molecule has 0 aliphatic heterocycles. The van der Waals surface area contributed by atoms with Gasteiger partial charge in [0.25, 0.3) is 0 Å². The zero-order valence-electron chi connectivity index (χ0n) is 5.32. The first-order valence-corrected chi connectivity index (χ1v) is 2.96. The van der Waals surface area contributed by atoms with Crippen LogP contribution in [0.15, 0.2) is 23.3 Å². The van der Waals surface area contributed by atoms with Crippen LogP contribution in [0.5, 0.6) is 0 Å². The van der Waals surface area contributed by atoms with Gasteiger partial charge in [-0.1, -0.05) is 11.6 Å². The van der Waals surface area contributed by atoms with Crippen molar-refractivity contribution in [3.05, 3.63) is 23.3 Å². The Balaban J connectivity index is 4.34. The van der Waals surface area contributed by atoms with Gasteiger partial charge in [0.15, 0.2) is 0 Å². The molecule has 5 heteroatoms. The normalized spacial score (nSPS) is 11.9. The van der Waals surface area contributed by atoms with Crippen molar-refractivity contribution in [1.29, 1.82) is 0 Å². The van der Waals surface area contributed by atoms with Crippen LogP contribution in [0.4, 0.5) is 0 Å². The molecular weight excluding hydrogens is 172 g/mol. The highest BCUT2D eigenvalue weighted by molar-refractivity contribution is 6.27. The van der Waals surface area contributed by atoms with Crippen LogP contribution < -0.4 is 0 Å². The Morgan fingerprint density at radius 1 is 1.18 bits per heavy atom. The lowest BCUT2D eigenvalue weighted by atomic mass is 10.3. The van der Waals surface area contributed by atoms with Crippen molar-refractivity contribution in [3.8, 4) is 0 Å². The van der Waals surface area contributed by atoms with Gasteiger partial charge in [0.1, 0.15) is 0 Å². The second-order valence-corrected chi connectivity index (χ2v) is 1.76. The van der Waals surface area contributed by atoms with Gasteiger partial charge in [-0.05, 0) is 6.08 Å². The Labute approximate surface area is 67.4 Å². The largest absolute Gasteiger partial charge is 0.478 e. The molecule has 0 aliphatic rings. The molecule has 0 rings (SSSR count). The fourth-order valence-corrected chi connectivity index (χ4v) is 0.481. The van der Waals surface area contributed by atoms with Crippen LogP contribution in [0.25, 0.3) is 0 Å². The molecule has 0 amide bonds. The highest BCUT2D eigenvalue weighted by Crippen LogP contribution is 1.98. The fraction of sp³-hybridized carbons (Fsp3) is 0. The first kappa shape index (κ1) is 9.71. The van der Waals surface area contributed by atoms with Crippen LogP contribution in [-0.2, 0) is 9.59 Å². The average Bonchev–Trinajstić information content (AvgIpc) is 1.87. The van der Waals surface area contributed by atoms with Crippen LogP contribution in [0, 0.1) is 0 Å². The number of carboxylic acid groups (broad SMARTS) is 2. The van der Waals surface area contributed by atoms with E-state index in [1.165, 1.54) is 0 Å². The Morgan fingerprint density at radius 3 is 2.00 bits per heavy atom. The van der Waals surface area contributed by atoms with Gasteiger partial charge in [-0.25, -0.2) is 9.59 Å². The van der Waals surface area contributed by atoms with E-state index in [1.54, 1.807) is 0 Å². The molecule has 0 saturated heterocycles. The van der Waals surface area contributed by atoms with E-state index in [0.29, 0.717) is 6.08 Å². The summed E-state index contributed by atoms with van der Waals surface area (Å²) in [6, 6.07) is 0. The number of carbonyl (C=O) groups is 2. The van der Waals surface area contributed by atoms with Gasteiger partial charge >= 0.3 is 11.9 Å². The van der Waals surface area contributed by atoms with Gasteiger partial charge in [0.2, 0.25) is 0 Å². The summed E-state index contributed by atoms with van der Waals surface area (Å²) in [5.41, 5.74) is 0.524. The number of hydrogen-bond donors (Lipinski definition) is 2. The van der Waals surface area contributed by atoms with Crippen LogP contribution in [0.2, 0.25) is 0 Å². The maximum Gasteiger partial charge on any atom is 0.336 e. The SMILES string of the molecule is O=C(O)/C=C/C(=C\Cl)C(=O)O. The quantitative estimate of drug-likeness (QED) is 0.494. The molecule has 0 unspecified atom stereocenters. The summed E-state index contributed by atoms with van der Waals surface area (Å²) in [5, 5.41) is 16.4. The second kappa shape index (κ2) is 4.51. The van der Waals surface area contributed by atoms with E-state index in [1.807, 2.05) is 0 Å². The summed E-state index contributed by atoms with van der Waals surface area (Å²) in [6.45, 7) is 0. The molecule has 0 spiro atoms. The molecule has 0 heterocycles. The topological polar surface area (TPSA) is 74.6 Å². The molecular formula is C6H5ClO4. The lowest BCUT2D eigenvalue weighted by molar-refractivity contribution is -0.132. The van der Waals surface area contributed by atoms with Crippen molar-refractivity contribution in [2.24, 2.45) is 0 Å². The summed E-state index contributed by atoms with van der Waals surface area (Å²) in [7, 11) is 0. The molecule has 0 saturated carbocycles. The van der Waals surface area contributed by atoms with Crippen molar-refractivity contribution >= 4 is 23.5 Å². The first-order valence-electron chi connectivity index (χ1n) is 2.52. The van der Waals surface area contributed by atoms with Crippen molar-refractivity contribution in [2.45, 2.75) is 0 Å². The molecule has 0 aliphatic carbocycles. The lowest BCUT2D eigenvalue weighted by Gasteiger charge is -1.88. The number of hydrogen-bond acceptors (Lipinski definition) is 2. The van der Waals surface area contributed by atoms with Crippen LogP contribution in [0.3, 0.4) is 0 Å². The number of aliphatic carboxylic acids is 2. The third-order valence-electron chi connectivity index (χ3n) is 0.770. The fourth-order valence-electron chi connectivity index (χ4n) is 0.315. The maximum absolute atomic E-state index is 10.1. The van der Waals surface area contributed by atoms with E-state index in [-0.39, 0.29) is 5.57 Å². The zero-order valence-corrected chi connectivity index (χ0v) is 6.08. The molecule has 0 aromatic heterocycles. The predicted molar refractivity (Wildman–Crippen MR) is 38.3 cm³/mol. The molecule has 0 bridgehead atoms. The van der Waals surface area contributed by atoms with Crippen molar-refractivity contribution in [2.75, 3.05) is 0 Å². The van der Waals surface area contributed by atoms with Gasteiger partial charge in [-0.2, -0.15) is 0 Å². The van der Waals surface area contributed by atoms with E-state index < -0.39 is 11.9 Å². The van der Waals surface area contributed by atoms with Gasteiger partial charge in [0, 0.05) is 11.6 Å². The minimum atomic E-state index is -1.27. The van der Waals surface area contributed by atoms with E-state index in [9.17, 15) is 9.59 Å². The number of halogens is 1. The molecule has 0 aromatic rings. The standard InChI is InChI=1S/C6H5ClO4/c7-3-4(6(10)11)1-2-5(8)9/h1-3H,(H,8,9)(H,10,11)/b2-1+,4-3+. The molecule has 0 aromatic carbocycles. The minimum absolute atomic E-state index is 0.269. The minimum Gasteiger partial charge on any atom is -0.478 e. The third kappa shape index (κ3) is 4.16. The Kier molecular flexibility index (Phi) is 3.98. The van der Waals surface area contributed by atoms with Crippen molar-refractivity contribution < 1.29 is 19.8 Å².